The molecule has 1 saturated heterocycles. The number of carbonyl (C=O) groups is 1. The van der Waals surface area contributed by atoms with Crippen molar-refractivity contribution in [1.82, 2.24) is 14.5 Å². The van der Waals surface area contributed by atoms with Gasteiger partial charge in [0.15, 0.2) is 5.82 Å². The van der Waals surface area contributed by atoms with Crippen LogP contribution in [0.4, 0.5) is 23.4 Å². The van der Waals surface area contributed by atoms with Crippen LogP contribution in [0.2, 0.25) is 5.28 Å². The standard InChI is InChI=1S/C23H22ClF4N5O2/c1-14(31-7-4-23(27,28)19(12-31)16-2-5-33(35)6-3-16)21(34)29-20-13-32(22(24)30-20)11-15-8-17(25)10-18(26)9-15/h2-3,5-6,8-10,13-14,19H,4,7,11-12H2,1H3,(H-,29,34,35)/p+1/t14?,19-/m1/s1. The first-order valence-electron chi connectivity index (χ1n) is 10.8. The van der Waals surface area contributed by atoms with E-state index in [1.807, 2.05) is 0 Å². The maximum Gasteiger partial charge on any atom is 0.257 e. The van der Waals surface area contributed by atoms with E-state index >= 15 is 0 Å². The highest BCUT2D eigenvalue weighted by atomic mass is 35.5. The van der Waals surface area contributed by atoms with Gasteiger partial charge in [-0.1, -0.05) is 0 Å². The molecule has 1 aromatic carbocycles. The fourth-order valence-corrected chi connectivity index (χ4v) is 4.35. The molecule has 1 aliphatic rings. The predicted molar refractivity (Wildman–Crippen MR) is 118 cm³/mol. The first-order valence-corrected chi connectivity index (χ1v) is 11.2. The molecule has 0 spiro atoms. The summed E-state index contributed by atoms with van der Waals surface area (Å²) in [5.41, 5.74) is 0.679. The molecule has 1 fully saturated rings. The topological polar surface area (TPSA) is 74.3 Å². The molecule has 2 atom stereocenters. The predicted octanol–water partition coefficient (Wildman–Crippen LogP) is 3.84. The molecule has 0 radical (unpaired) electrons. The summed E-state index contributed by atoms with van der Waals surface area (Å²) in [5.74, 6) is -5.90. The van der Waals surface area contributed by atoms with E-state index in [-0.39, 0.29) is 30.7 Å². The molecule has 7 nitrogen and oxygen atoms in total. The van der Waals surface area contributed by atoms with Gasteiger partial charge in [-0.15, -0.1) is 0 Å². The van der Waals surface area contributed by atoms with Crippen LogP contribution >= 0.6 is 11.6 Å². The van der Waals surface area contributed by atoms with Gasteiger partial charge < -0.3 is 9.88 Å². The van der Waals surface area contributed by atoms with Crippen LogP contribution in [0, 0.1) is 11.6 Å². The zero-order valence-electron chi connectivity index (χ0n) is 18.6. The van der Waals surface area contributed by atoms with Crippen molar-refractivity contribution in [2.75, 3.05) is 18.4 Å². The number of hydrogen-bond donors (Lipinski definition) is 2. The lowest BCUT2D eigenvalue weighted by Gasteiger charge is -2.40. The molecule has 0 aliphatic carbocycles. The third-order valence-electron chi connectivity index (χ3n) is 6.08. The summed E-state index contributed by atoms with van der Waals surface area (Å²) in [6.45, 7) is 1.60. The smallest absolute Gasteiger partial charge is 0.257 e. The van der Waals surface area contributed by atoms with Crippen LogP contribution < -0.4 is 10.0 Å². The van der Waals surface area contributed by atoms with E-state index in [1.54, 1.807) is 11.8 Å². The van der Waals surface area contributed by atoms with Crippen molar-refractivity contribution in [3.8, 4) is 0 Å². The molecule has 1 aliphatic heterocycles. The number of nitrogens with one attached hydrogen (secondary N) is 1. The summed E-state index contributed by atoms with van der Waals surface area (Å²) < 4.78 is 58.4. The highest BCUT2D eigenvalue weighted by Gasteiger charge is 2.46. The zero-order chi connectivity index (χ0) is 25.3. The van der Waals surface area contributed by atoms with E-state index in [9.17, 15) is 27.6 Å². The second-order valence-corrected chi connectivity index (χ2v) is 8.87. The molecule has 2 aromatic heterocycles. The first-order chi connectivity index (χ1) is 16.5. The monoisotopic (exact) mass is 512 g/mol. The van der Waals surface area contributed by atoms with E-state index < -0.39 is 41.8 Å². The number of pyridine rings is 1. The number of piperidine rings is 1. The summed E-state index contributed by atoms with van der Waals surface area (Å²) in [6, 6.07) is 5.18. The van der Waals surface area contributed by atoms with Crippen LogP contribution in [-0.2, 0) is 11.3 Å². The number of rotatable bonds is 6. The van der Waals surface area contributed by atoms with E-state index in [4.69, 9.17) is 11.6 Å². The quantitative estimate of drug-likeness (QED) is 0.299. The number of aromatic nitrogens is 3. The average molecular weight is 513 g/mol. The largest absolute Gasteiger partial charge is 0.315 e. The molecular weight excluding hydrogens is 490 g/mol. The molecule has 1 amide bonds. The van der Waals surface area contributed by atoms with Gasteiger partial charge in [0.2, 0.25) is 23.6 Å². The molecule has 4 rings (SSSR count). The number of anilines is 1. The molecule has 0 saturated carbocycles. The van der Waals surface area contributed by atoms with E-state index in [0.29, 0.717) is 11.1 Å². The summed E-state index contributed by atoms with van der Waals surface area (Å²) in [5, 5.41) is 12.0. The second kappa shape index (κ2) is 9.82. The molecule has 0 bridgehead atoms. The third-order valence-corrected chi connectivity index (χ3v) is 6.38. The van der Waals surface area contributed by atoms with Crippen LogP contribution in [-0.4, -0.2) is 50.6 Å². The maximum atomic E-state index is 14.6. The number of likely N-dealkylation sites (tertiary alicyclic amines) is 1. The molecule has 186 valence electrons. The Morgan fingerprint density at radius 2 is 1.94 bits per heavy atom. The Balaban J connectivity index is 1.43. The minimum atomic E-state index is -2.96. The molecule has 1 unspecified atom stereocenters. The summed E-state index contributed by atoms with van der Waals surface area (Å²) >= 11 is 6.12. The van der Waals surface area contributed by atoms with Gasteiger partial charge in [0.05, 0.1) is 18.5 Å². The fraction of sp³-hybridized carbons (Fsp3) is 0.348. The number of carbonyl (C=O) groups excluding carboxylic acids is 1. The lowest BCUT2D eigenvalue weighted by Crippen LogP contribution is -2.52. The van der Waals surface area contributed by atoms with Gasteiger partial charge in [-0.3, -0.25) is 14.9 Å². The lowest BCUT2D eigenvalue weighted by molar-refractivity contribution is -0.904. The number of alkyl halides is 2. The maximum absolute atomic E-state index is 14.6. The summed E-state index contributed by atoms with van der Waals surface area (Å²) in [6.07, 6.45) is 3.56. The van der Waals surface area contributed by atoms with Crippen molar-refractivity contribution in [3.05, 3.63) is 77.0 Å². The Morgan fingerprint density at radius 3 is 2.60 bits per heavy atom. The molecular formula is C23H23ClF4N5O2+. The average Bonchev–Trinajstić information content (AvgIpc) is 3.11. The van der Waals surface area contributed by atoms with Crippen LogP contribution in [0.5, 0.6) is 0 Å². The molecule has 3 aromatic rings. The number of nitrogens with zero attached hydrogens (tertiary/aromatic N) is 4. The minimum absolute atomic E-state index is 0.000464. The van der Waals surface area contributed by atoms with Crippen LogP contribution in [0.25, 0.3) is 0 Å². The van der Waals surface area contributed by atoms with E-state index in [1.165, 1.54) is 35.3 Å². The second-order valence-electron chi connectivity index (χ2n) is 8.54. The lowest BCUT2D eigenvalue weighted by atomic mass is 9.87. The summed E-state index contributed by atoms with van der Waals surface area (Å²) in [7, 11) is 0. The SMILES string of the molecule is CC(C(=O)Nc1cn(Cc2cc(F)cc(F)c2)c(Cl)n1)N1CCC(F)(F)[C@@H](c2cc[n+](O)cc2)C1. The Morgan fingerprint density at radius 1 is 1.29 bits per heavy atom. The van der Waals surface area contributed by atoms with Crippen molar-refractivity contribution in [2.24, 2.45) is 0 Å². The third kappa shape index (κ3) is 5.73. The van der Waals surface area contributed by atoms with Gasteiger partial charge in [-0.05, 0) is 41.8 Å². The number of halogens is 5. The van der Waals surface area contributed by atoms with Gasteiger partial charge in [-0.2, -0.15) is 0 Å². The van der Waals surface area contributed by atoms with Gasteiger partial charge >= 0.3 is 0 Å². The van der Waals surface area contributed by atoms with E-state index in [2.05, 4.69) is 10.3 Å². The van der Waals surface area contributed by atoms with Gasteiger partial charge in [-0.25, -0.2) is 22.5 Å². The Labute approximate surface area is 203 Å². The number of imidazole rings is 1. The Hall–Kier alpha value is -3.18. The molecule has 35 heavy (non-hydrogen) atoms. The van der Waals surface area contributed by atoms with Crippen molar-refractivity contribution in [2.45, 2.75) is 37.8 Å². The summed E-state index contributed by atoms with van der Waals surface area (Å²) in [4.78, 5) is 18.6. The molecule has 2 N–H and O–H groups in total. The highest BCUT2D eigenvalue weighted by Crippen LogP contribution is 2.40. The van der Waals surface area contributed by atoms with Crippen molar-refractivity contribution in [1.29, 1.82) is 0 Å². The van der Waals surface area contributed by atoms with E-state index in [0.717, 1.165) is 22.9 Å². The van der Waals surface area contributed by atoms with Crippen molar-refractivity contribution >= 4 is 23.3 Å². The first kappa shape index (κ1) is 24.9. The molecule has 12 heteroatoms. The van der Waals surface area contributed by atoms with Gasteiger partial charge in [0, 0.05) is 48.6 Å². The van der Waals surface area contributed by atoms with Crippen LogP contribution in [0.1, 0.15) is 30.4 Å². The van der Waals surface area contributed by atoms with Gasteiger partial charge in [0.25, 0.3) is 5.92 Å². The van der Waals surface area contributed by atoms with Crippen LogP contribution in [0.15, 0.2) is 48.9 Å². The fourth-order valence-electron chi connectivity index (χ4n) is 4.15. The number of hydrogen-bond acceptors (Lipinski definition) is 4. The number of amides is 1. The van der Waals surface area contributed by atoms with Gasteiger partial charge in [0.1, 0.15) is 11.6 Å². The van der Waals surface area contributed by atoms with Crippen LogP contribution in [0.3, 0.4) is 0 Å². The Kier molecular flexibility index (Phi) is 7.00. The van der Waals surface area contributed by atoms with Crippen molar-refractivity contribution < 1.29 is 32.3 Å². The minimum Gasteiger partial charge on any atom is -0.315 e. The Bertz CT molecular complexity index is 1200. The normalized spacial score (nSPS) is 18.9. The highest BCUT2D eigenvalue weighted by molar-refractivity contribution is 6.28. The zero-order valence-corrected chi connectivity index (χ0v) is 19.4. The van der Waals surface area contributed by atoms with Crippen molar-refractivity contribution in [3.63, 3.8) is 0 Å². The number of benzene rings is 1. The molecule has 3 heterocycles.